The second-order valence-electron chi connectivity index (χ2n) is 5.55. The fraction of sp³-hybridized carbons (Fsp3) is 1.00. The Labute approximate surface area is 99.2 Å². The fourth-order valence-corrected chi connectivity index (χ4v) is 3.14. The third kappa shape index (κ3) is 3.19. The summed E-state index contributed by atoms with van der Waals surface area (Å²) < 4.78 is 0. The molecule has 0 bridgehead atoms. The molecule has 1 unspecified atom stereocenters. The van der Waals surface area contributed by atoms with Crippen molar-refractivity contribution in [2.75, 3.05) is 26.2 Å². The van der Waals surface area contributed by atoms with E-state index in [-0.39, 0.29) is 5.60 Å². The molecule has 0 aromatic heterocycles. The second-order valence-corrected chi connectivity index (χ2v) is 5.55. The van der Waals surface area contributed by atoms with Gasteiger partial charge in [0.05, 0.1) is 5.60 Å². The quantitative estimate of drug-likeness (QED) is 0.743. The van der Waals surface area contributed by atoms with Gasteiger partial charge < -0.3 is 10.4 Å². The SMILES string of the molecule is CCN(CC1CCCN1)CC1(O)CCCC1. The van der Waals surface area contributed by atoms with Crippen molar-refractivity contribution in [1.29, 1.82) is 0 Å². The Balaban J connectivity index is 1.79. The molecule has 1 aliphatic heterocycles. The molecule has 0 spiro atoms. The summed E-state index contributed by atoms with van der Waals surface area (Å²) in [6.45, 7) is 6.42. The topological polar surface area (TPSA) is 35.5 Å². The van der Waals surface area contributed by atoms with Crippen LogP contribution in [0.3, 0.4) is 0 Å². The predicted octanol–water partition coefficient (Wildman–Crippen LogP) is 1.37. The lowest BCUT2D eigenvalue weighted by atomic mass is 10.0. The number of aliphatic hydroxyl groups is 1. The molecule has 0 amide bonds. The Hall–Kier alpha value is -0.120. The summed E-state index contributed by atoms with van der Waals surface area (Å²) >= 11 is 0. The molecule has 16 heavy (non-hydrogen) atoms. The van der Waals surface area contributed by atoms with E-state index in [0.717, 1.165) is 32.5 Å². The Bertz CT molecular complexity index is 208. The molecule has 0 aromatic carbocycles. The van der Waals surface area contributed by atoms with E-state index in [4.69, 9.17) is 0 Å². The Morgan fingerprint density at radius 2 is 2.06 bits per heavy atom. The minimum absolute atomic E-state index is 0.380. The number of hydrogen-bond acceptors (Lipinski definition) is 3. The lowest BCUT2D eigenvalue weighted by Gasteiger charge is -2.32. The maximum absolute atomic E-state index is 10.4. The highest BCUT2D eigenvalue weighted by Crippen LogP contribution is 2.30. The Kier molecular flexibility index (Phi) is 4.22. The van der Waals surface area contributed by atoms with Gasteiger partial charge in [-0.15, -0.1) is 0 Å². The van der Waals surface area contributed by atoms with Crippen molar-refractivity contribution in [2.24, 2.45) is 0 Å². The van der Waals surface area contributed by atoms with Crippen LogP contribution in [-0.2, 0) is 0 Å². The lowest BCUT2D eigenvalue weighted by Crippen LogP contribution is -2.45. The minimum atomic E-state index is -0.380. The zero-order valence-electron chi connectivity index (χ0n) is 10.5. The third-order valence-corrected chi connectivity index (χ3v) is 4.14. The monoisotopic (exact) mass is 226 g/mol. The average molecular weight is 226 g/mol. The molecular weight excluding hydrogens is 200 g/mol. The molecule has 3 nitrogen and oxygen atoms in total. The highest BCUT2D eigenvalue weighted by atomic mass is 16.3. The molecule has 1 heterocycles. The maximum Gasteiger partial charge on any atom is 0.0774 e. The predicted molar refractivity (Wildman–Crippen MR) is 66.6 cm³/mol. The minimum Gasteiger partial charge on any atom is -0.389 e. The average Bonchev–Trinajstić information content (AvgIpc) is 2.89. The van der Waals surface area contributed by atoms with Crippen molar-refractivity contribution in [1.82, 2.24) is 10.2 Å². The van der Waals surface area contributed by atoms with Gasteiger partial charge in [-0.1, -0.05) is 19.8 Å². The lowest BCUT2D eigenvalue weighted by molar-refractivity contribution is 0.00888. The number of hydrogen-bond donors (Lipinski definition) is 2. The maximum atomic E-state index is 10.4. The summed E-state index contributed by atoms with van der Waals surface area (Å²) in [5.74, 6) is 0. The number of nitrogens with one attached hydrogen (secondary N) is 1. The highest BCUT2D eigenvalue weighted by molar-refractivity contribution is 4.88. The zero-order chi connectivity index (χ0) is 11.4. The normalized spacial score (nSPS) is 29.1. The molecule has 2 fully saturated rings. The second kappa shape index (κ2) is 5.48. The van der Waals surface area contributed by atoms with Gasteiger partial charge in [-0.3, -0.25) is 4.90 Å². The van der Waals surface area contributed by atoms with E-state index >= 15 is 0 Å². The van der Waals surface area contributed by atoms with Crippen LogP contribution in [0.15, 0.2) is 0 Å². The van der Waals surface area contributed by atoms with Crippen LogP contribution >= 0.6 is 0 Å². The first-order valence-corrected chi connectivity index (χ1v) is 6.90. The summed E-state index contributed by atoms with van der Waals surface area (Å²) in [7, 11) is 0. The molecule has 3 heteroatoms. The third-order valence-electron chi connectivity index (χ3n) is 4.14. The van der Waals surface area contributed by atoms with Gasteiger partial charge in [-0.25, -0.2) is 0 Å². The van der Waals surface area contributed by atoms with Crippen LogP contribution in [0.5, 0.6) is 0 Å². The van der Waals surface area contributed by atoms with Gasteiger partial charge in [-0.2, -0.15) is 0 Å². The Morgan fingerprint density at radius 1 is 1.31 bits per heavy atom. The standard InChI is InChI=1S/C13H26N2O/c1-2-15(10-12-6-5-9-14-12)11-13(16)7-3-4-8-13/h12,14,16H,2-11H2,1H3. The van der Waals surface area contributed by atoms with Crippen LogP contribution in [0.25, 0.3) is 0 Å². The molecule has 2 aliphatic rings. The summed E-state index contributed by atoms with van der Waals surface area (Å²) in [5.41, 5.74) is -0.380. The smallest absolute Gasteiger partial charge is 0.0774 e. The summed E-state index contributed by atoms with van der Waals surface area (Å²) in [6.07, 6.45) is 7.02. The molecule has 2 N–H and O–H groups in total. The van der Waals surface area contributed by atoms with E-state index < -0.39 is 0 Å². The van der Waals surface area contributed by atoms with Crippen LogP contribution in [-0.4, -0.2) is 47.8 Å². The summed E-state index contributed by atoms with van der Waals surface area (Å²) in [4.78, 5) is 2.42. The van der Waals surface area contributed by atoms with Crippen molar-refractivity contribution in [3.63, 3.8) is 0 Å². The zero-order valence-corrected chi connectivity index (χ0v) is 10.5. The first-order chi connectivity index (χ1) is 7.72. The fourth-order valence-electron chi connectivity index (χ4n) is 3.14. The van der Waals surface area contributed by atoms with Gasteiger partial charge >= 0.3 is 0 Å². The van der Waals surface area contributed by atoms with Crippen LogP contribution in [0.1, 0.15) is 45.4 Å². The molecule has 0 radical (unpaired) electrons. The molecule has 1 saturated carbocycles. The van der Waals surface area contributed by atoms with Crippen molar-refractivity contribution >= 4 is 0 Å². The van der Waals surface area contributed by atoms with E-state index in [1.807, 2.05) is 0 Å². The van der Waals surface area contributed by atoms with Crippen LogP contribution in [0.2, 0.25) is 0 Å². The molecule has 94 valence electrons. The molecule has 0 aromatic rings. The molecule has 1 atom stereocenters. The van der Waals surface area contributed by atoms with Crippen molar-refractivity contribution in [3.05, 3.63) is 0 Å². The first kappa shape index (κ1) is 12.3. The largest absolute Gasteiger partial charge is 0.389 e. The van der Waals surface area contributed by atoms with Gasteiger partial charge in [0.2, 0.25) is 0 Å². The van der Waals surface area contributed by atoms with E-state index in [1.54, 1.807) is 0 Å². The van der Waals surface area contributed by atoms with Crippen LogP contribution in [0.4, 0.5) is 0 Å². The van der Waals surface area contributed by atoms with E-state index in [9.17, 15) is 5.11 Å². The van der Waals surface area contributed by atoms with Gasteiger partial charge in [0.25, 0.3) is 0 Å². The molecule has 1 aliphatic carbocycles. The van der Waals surface area contributed by atoms with E-state index in [0.29, 0.717) is 6.04 Å². The highest BCUT2D eigenvalue weighted by Gasteiger charge is 2.33. The molecule has 1 saturated heterocycles. The van der Waals surface area contributed by atoms with Gasteiger partial charge in [-0.05, 0) is 38.8 Å². The number of rotatable bonds is 5. The van der Waals surface area contributed by atoms with Gasteiger partial charge in [0.15, 0.2) is 0 Å². The van der Waals surface area contributed by atoms with E-state index in [1.165, 1.54) is 32.2 Å². The van der Waals surface area contributed by atoms with Crippen molar-refractivity contribution in [3.8, 4) is 0 Å². The summed E-state index contributed by atoms with van der Waals surface area (Å²) in [6, 6.07) is 0.657. The first-order valence-electron chi connectivity index (χ1n) is 6.90. The van der Waals surface area contributed by atoms with Crippen LogP contribution in [0, 0.1) is 0 Å². The summed E-state index contributed by atoms with van der Waals surface area (Å²) in [5, 5.41) is 13.9. The molecular formula is C13H26N2O. The van der Waals surface area contributed by atoms with Crippen LogP contribution < -0.4 is 5.32 Å². The molecule has 2 rings (SSSR count). The Morgan fingerprint density at radius 3 is 2.62 bits per heavy atom. The number of nitrogens with zero attached hydrogens (tertiary/aromatic N) is 1. The number of likely N-dealkylation sites (N-methyl/N-ethyl adjacent to an activating group) is 1. The van der Waals surface area contributed by atoms with Crippen molar-refractivity contribution in [2.45, 2.75) is 57.1 Å². The van der Waals surface area contributed by atoms with Gasteiger partial charge in [0, 0.05) is 19.1 Å². The van der Waals surface area contributed by atoms with E-state index in [2.05, 4.69) is 17.1 Å². The van der Waals surface area contributed by atoms with Crippen molar-refractivity contribution < 1.29 is 5.11 Å². The van der Waals surface area contributed by atoms with Gasteiger partial charge in [0.1, 0.15) is 0 Å².